The molecule has 2 N–H and O–H groups in total. The molecule has 5 rings (SSSR count). The van der Waals surface area contributed by atoms with Crippen LogP contribution in [0.5, 0.6) is 0 Å². The van der Waals surface area contributed by atoms with Gasteiger partial charge in [0.1, 0.15) is 0 Å². The van der Waals surface area contributed by atoms with Gasteiger partial charge in [-0.2, -0.15) is 5.10 Å². The lowest BCUT2D eigenvalue weighted by molar-refractivity contribution is 0.102. The van der Waals surface area contributed by atoms with Crippen molar-refractivity contribution in [3.8, 4) is 0 Å². The first-order valence-corrected chi connectivity index (χ1v) is 10.8. The summed E-state index contributed by atoms with van der Waals surface area (Å²) in [5.74, 6) is 0.464. The molecule has 8 heteroatoms. The maximum absolute atomic E-state index is 13.0. The predicted octanol–water partition coefficient (Wildman–Crippen LogP) is 4.70. The number of nitrogens with zero attached hydrogens (tertiary/aromatic N) is 4. The molecular weight excluding hydrogens is 408 g/mol. The molecule has 0 unspecified atom stereocenters. The Balaban J connectivity index is 1.35. The van der Waals surface area contributed by atoms with Gasteiger partial charge < -0.3 is 10.3 Å². The molecule has 0 saturated heterocycles. The molecule has 0 atom stereocenters. The molecule has 0 bridgehead atoms. The number of amides is 1. The van der Waals surface area contributed by atoms with Crippen LogP contribution in [-0.4, -0.2) is 30.6 Å². The third-order valence-corrected chi connectivity index (χ3v) is 6.04. The zero-order chi connectivity index (χ0) is 21.4. The molecule has 2 aromatic carbocycles. The van der Waals surface area contributed by atoms with E-state index < -0.39 is 0 Å². The summed E-state index contributed by atoms with van der Waals surface area (Å²) in [4.78, 5) is 25.4. The van der Waals surface area contributed by atoms with Crippen LogP contribution in [0.15, 0.2) is 66.0 Å². The highest BCUT2D eigenvalue weighted by Crippen LogP contribution is 2.25. The van der Waals surface area contributed by atoms with Gasteiger partial charge in [0, 0.05) is 23.8 Å². The molecule has 1 amide bonds. The molecule has 0 aliphatic heterocycles. The number of para-hydroxylation sites is 2. The van der Waals surface area contributed by atoms with Crippen molar-refractivity contribution in [2.24, 2.45) is 7.05 Å². The lowest BCUT2D eigenvalue weighted by atomic mass is 10.1. The summed E-state index contributed by atoms with van der Waals surface area (Å²) in [7, 11) is 1.86. The van der Waals surface area contributed by atoms with Gasteiger partial charge in [0.2, 0.25) is 0 Å². The Bertz CT molecular complexity index is 1390. The number of carbonyl (C=O) groups excluding carboxylic acids is 1. The number of thioether (sulfide) groups is 1. The van der Waals surface area contributed by atoms with E-state index in [0.717, 1.165) is 38.5 Å². The zero-order valence-corrected chi connectivity index (χ0v) is 17.9. The minimum absolute atomic E-state index is 0.163. The largest absolute Gasteiger partial charge is 0.333 e. The Labute approximate surface area is 182 Å². The average Bonchev–Trinajstić information content (AvgIpc) is 3.32. The van der Waals surface area contributed by atoms with Crippen molar-refractivity contribution in [1.82, 2.24) is 24.7 Å². The molecule has 154 valence electrons. The van der Waals surface area contributed by atoms with Crippen molar-refractivity contribution in [3.63, 3.8) is 0 Å². The van der Waals surface area contributed by atoms with Crippen LogP contribution < -0.4 is 5.32 Å². The fraction of sp³-hybridized carbons (Fsp3) is 0.130. The average molecular weight is 429 g/mol. The van der Waals surface area contributed by atoms with Crippen LogP contribution in [0.1, 0.15) is 21.6 Å². The third-order valence-electron chi connectivity index (χ3n) is 5.11. The van der Waals surface area contributed by atoms with E-state index >= 15 is 0 Å². The number of carbonyl (C=O) groups is 1. The van der Waals surface area contributed by atoms with Crippen molar-refractivity contribution < 1.29 is 4.79 Å². The lowest BCUT2D eigenvalue weighted by Crippen LogP contribution is -2.14. The Morgan fingerprint density at radius 2 is 1.97 bits per heavy atom. The first kappa shape index (κ1) is 19.3. The van der Waals surface area contributed by atoms with Gasteiger partial charge in [-0.3, -0.25) is 9.48 Å². The second-order valence-corrected chi connectivity index (χ2v) is 8.23. The Morgan fingerprint density at radius 1 is 1.16 bits per heavy atom. The smallest absolute Gasteiger partial charge is 0.256 e. The molecule has 7 nitrogen and oxygen atoms in total. The molecular formula is C23H20N6OS. The van der Waals surface area contributed by atoms with Gasteiger partial charge in [0.15, 0.2) is 10.8 Å². The number of aromatic amines is 1. The molecule has 3 aromatic heterocycles. The Morgan fingerprint density at radius 3 is 2.84 bits per heavy atom. The number of rotatable bonds is 5. The van der Waals surface area contributed by atoms with E-state index in [4.69, 9.17) is 0 Å². The van der Waals surface area contributed by atoms with Crippen LogP contribution in [0.4, 0.5) is 5.69 Å². The van der Waals surface area contributed by atoms with Crippen LogP contribution >= 0.6 is 11.8 Å². The molecule has 0 aliphatic carbocycles. The number of pyridine rings is 1. The number of hydrogen-bond donors (Lipinski definition) is 2. The van der Waals surface area contributed by atoms with E-state index in [1.807, 2.05) is 68.6 Å². The minimum Gasteiger partial charge on any atom is -0.333 e. The van der Waals surface area contributed by atoms with Gasteiger partial charge >= 0.3 is 0 Å². The molecule has 0 aliphatic rings. The van der Waals surface area contributed by atoms with Gasteiger partial charge in [-0.15, -0.1) is 0 Å². The second-order valence-electron chi connectivity index (χ2n) is 7.26. The van der Waals surface area contributed by atoms with Crippen molar-refractivity contribution in [3.05, 3.63) is 77.6 Å². The van der Waals surface area contributed by atoms with Crippen LogP contribution in [0.3, 0.4) is 0 Å². The standard InChI is InChI=1S/C23H20N6OS/c1-14-18-11-16(12-24-21(18)29(2)28-14)25-22(30)17-8-4-3-7-15(17)13-31-23-26-19-9-5-6-10-20(19)27-23/h3-12H,13H2,1-2H3,(H,25,30)(H,26,27). The third kappa shape index (κ3) is 3.77. The highest BCUT2D eigenvalue weighted by Gasteiger charge is 2.14. The molecule has 0 radical (unpaired) electrons. The molecule has 0 spiro atoms. The van der Waals surface area contributed by atoms with E-state index in [9.17, 15) is 4.79 Å². The highest BCUT2D eigenvalue weighted by atomic mass is 32.2. The number of H-pyrrole nitrogens is 1. The second kappa shape index (κ2) is 7.88. The van der Waals surface area contributed by atoms with Gasteiger partial charge in [-0.25, -0.2) is 9.97 Å². The normalized spacial score (nSPS) is 11.3. The molecule has 0 fully saturated rings. The summed E-state index contributed by atoms with van der Waals surface area (Å²) in [5.41, 5.74) is 5.83. The van der Waals surface area contributed by atoms with E-state index in [2.05, 4.69) is 25.4 Å². The number of nitrogens with one attached hydrogen (secondary N) is 2. The zero-order valence-electron chi connectivity index (χ0n) is 17.1. The van der Waals surface area contributed by atoms with E-state index in [-0.39, 0.29) is 5.91 Å². The number of benzene rings is 2. The highest BCUT2D eigenvalue weighted by molar-refractivity contribution is 7.98. The number of imidazole rings is 1. The van der Waals surface area contributed by atoms with E-state index in [1.165, 1.54) is 0 Å². The Hall–Kier alpha value is -3.65. The van der Waals surface area contributed by atoms with Crippen molar-refractivity contribution >= 4 is 45.4 Å². The molecule has 31 heavy (non-hydrogen) atoms. The summed E-state index contributed by atoms with van der Waals surface area (Å²) >= 11 is 1.57. The molecule has 5 aromatic rings. The van der Waals surface area contributed by atoms with E-state index in [1.54, 1.807) is 22.6 Å². The maximum Gasteiger partial charge on any atom is 0.256 e. The fourth-order valence-corrected chi connectivity index (χ4v) is 4.48. The van der Waals surface area contributed by atoms with Crippen LogP contribution in [0, 0.1) is 6.92 Å². The predicted molar refractivity (Wildman–Crippen MR) is 123 cm³/mol. The van der Waals surface area contributed by atoms with Crippen molar-refractivity contribution in [2.45, 2.75) is 17.8 Å². The van der Waals surface area contributed by atoms with Crippen LogP contribution in [0.2, 0.25) is 0 Å². The van der Waals surface area contributed by atoms with Gasteiger partial charge in [0.05, 0.1) is 28.6 Å². The maximum atomic E-state index is 13.0. The van der Waals surface area contributed by atoms with Crippen molar-refractivity contribution in [1.29, 1.82) is 0 Å². The number of anilines is 1. The van der Waals surface area contributed by atoms with Gasteiger partial charge in [-0.05, 0) is 36.8 Å². The minimum atomic E-state index is -0.163. The summed E-state index contributed by atoms with van der Waals surface area (Å²) < 4.78 is 1.74. The summed E-state index contributed by atoms with van der Waals surface area (Å²) in [6.45, 7) is 1.93. The summed E-state index contributed by atoms with van der Waals surface area (Å²) in [6, 6.07) is 17.5. The van der Waals surface area contributed by atoms with Gasteiger partial charge in [-0.1, -0.05) is 42.1 Å². The number of aromatic nitrogens is 5. The van der Waals surface area contributed by atoms with Crippen molar-refractivity contribution in [2.75, 3.05) is 5.32 Å². The van der Waals surface area contributed by atoms with Crippen LogP contribution in [-0.2, 0) is 12.8 Å². The van der Waals surface area contributed by atoms with Crippen LogP contribution in [0.25, 0.3) is 22.1 Å². The lowest BCUT2D eigenvalue weighted by Gasteiger charge is -2.10. The molecule has 0 saturated carbocycles. The topological polar surface area (TPSA) is 88.5 Å². The number of fused-ring (bicyclic) bond motifs is 2. The number of aryl methyl sites for hydroxylation is 2. The SMILES string of the molecule is Cc1nn(C)c2ncc(NC(=O)c3ccccc3CSc3nc4ccccc4[nH]3)cc12. The quantitative estimate of drug-likeness (QED) is 0.396. The first-order chi connectivity index (χ1) is 15.1. The first-order valence-electron chi connectivity index (χ1n) is 9.84. The monoisotopic (exact) mass is 428 g/mol. The van der Waals surface area contributed by atoms with E-state index in [0.29, 0.717) is 17.0 Å². The van der Waals surface area contributed by atoms with Gasteiger partial charge in [0.25, 0.3) is 5.91 Å². The summed E-state index contributed by atoms with van der Waals surface area (Å²) in [6.07, 6.45) is 1.66. The summed E-state index contributed by atoms with van der Waals surface area (Å²) in [5, 5.41) is 9.11. The number of hydrogen-bond acceptors (Lipinski definition) is 5. The Kier molecular flexibility index (Phi) is 4.91. The fourth-order valence-electron chi connectivity index (χ4n) is 3.59. The molecule has 3 heterocycles.